The topological polar surface area (TPSA) is 37.3 Å². The van der Waals surface area contributed by atoms with Crippen molar-refractivity contribution < 1.29 is 0 Å². The fourth-order valence-corrected chi connectivity index (χ4v) is 2.33. The van der Waals surface area contributed by atoms with Gasteiger partial charge in [-0.15, -0.1) is 0 Å². The number of hydrazone groups is 1. The molecule has 1 aromatic heterocycles. The lowest BCUT2D eigenvalue weighted by molar-refractivity contribution is 0.595. The normalized spacial score (nSPS) is 21.0. The van der Waals surface area contributed by atoms with Crippen molar-refractivity contribution in [2.45, 2.75) is 26.1 Å². The summed E-state index contributed by atoms with van der Waals surface area (Å²) in [6.07, 6.45) is 1.81. The highest BCUT2D eigenvalue weighted by atomic mass is 32.2. The lowest BCUT2D eigenvalue weighted by Gasteiger charge is -2.16. The molecule has 15 heavy (non-hydrogen) atoms. The molecule has 1 unspecified atom stereocenters. The maximum atomic E-state index is 4.35. The van der Waals surface area contributed by atoms with Crippen LogP contribution < -0.4 is 5.43 Å². The van der Waals surface area contributed by atoms with Crippen molar-refractivity contribution >= 4 is 16.8 Å². The minimum atomic E-state index is 0.112. The molecule has 4 heteroatoms. The van der Waals surface area contributed by atoms with Crippen LogP contribution in [0.4, 0.5) is 0 Å². The molecule has 1 aromatic rings. The summed E-state index contributed by atoms with van der Waals surface area (Å²) in [5.74, 6) is 0. The Bertz CT molecular complexity index is 367. The molecule has 0 radical (unpaired) electrons. The smallest absolute Gasteiger partial charge is 0.137 e. The van der Waals surface area contributed by atoms with Crippen molar-refractivity contribution in [3.8, 4) is 0 Å². The molecule has 0 amide bonds. The third-order valence-electron chi connectivity index (χ3n) is 2.11. The average molecular weight is 221 g/mol. The molecule has 0 aliphatic carbocycles. The van der Waals surface area contributed by atoms with Crippen LogP contribution in [-0.4, -0.2) is 10.0 Å². The SMILES string of the molecule is CC(C)(C)C1=NNC(c2ccccn2)S1. The second-order valence-corrected chi connectivity index (χ2v) is 5.64. The molecule has 2 heterocycles. The molecule has 0 saturated heterocycles. The molecule has 1 atom stereocenters. The van der Waals surface area contributed by atoms with E-state index < -0.39 is 0 Å². The maximum Gasteiger partial charge on any atom is 0.137 e. The van der Waals surface area contributed by atoms with Crippen LogP contribution in [0.15, 0.2) is 29.5 Å². The van der Waals surface area contributed by atoms with Gasteiger partial charge in [0.2, 0.25) is 0 Å². The number of aromatic nitrogens is 1. The minimum absolute atomic E-state index is 0.112. The highest BCUT2D eigenvalue weighted by Crippen LogP contribution is 2.37. The summed E-state index contributed by atoms with van der Waals surface area (Å²) in [5, 5.41) is 5.66. The summed E-state index contributed by atoms with van der Waals surface area (Å²) in [6, 6.07) is 5.94. The lowest BCUT2D eigenvalue weighted by atomic mass is 9.99. The second-order valence-electron chi connectivity index (χ2n) is 4.55. The predicted molar refractivity (Wildman–Crippen MR) is 64.6 cm³/mol. The summed E-state index contributed by atoms with van der Waals surface area (Å²) in [5.41, 5.74) is 4.26. The number of hydrogen-bond acceptors (Lipinski definition) is 4. The van der Waals surface area contributed by atoms with Crippen molar-refractivity contribution in [3.63, 3.8) is 0 Å². The van der Waals surface area contributed by atoms with E-state index in [2.05, 4.69) is 36.3 Å². The molecule has 0 saturated carbocycles. The Morgan fingerprint density at radius 3 is 2.67 bits per heavy atom. The van der Waals surface area contributed by atoms with Gasteiger partial charge in [0.15, 0.2) is 0 Å². The largest absolute Gasteiger partial charge is 0.290 e. The van der Waals surface area contributed by atoms with E-state index in [0.717, 1.165) is 10.7 Å². The van der Waals surface area contributed by atoms with Crippen LogP contribution in [0.5, 0.6) is 0 Å². The van der Waals surface area contributed by atoms with E-state index in [1.807, 2.05) is 24.4 Å². The molecule has 0 aromatic carbocycles. The van der Waals surface area contributed by atoms with E-state index in [0.29, 0.717) is 0 Å². The highest BCUT2D eigenvalue weighted by Gasteiger charge is 2.29. The minimum Gasteiger partial charge on any atom is -0.290 e. The third kappa shape index (κ3) is 2.31. The van der Waals surface area contributed by atoms with Gasteiger partial charge < -0.3 is 0 Å². The van der Waals surface area contributed by atoms with Crippen LogP contribution >= 0.6 is 11.8 Å². The number of thioether (sulfide) groups is 1. The van der Waals surface area contributed by atoms with E-state index in [9.17, 15) is 0 Å². The summed E-state index contributed by atoms with van der Waals surface area (Å²) < 4.78 is 0. The predicted octanol–water partition coefficient (Wildman–Crippen LogP) is 2.78. The van der Waals surface area contributed by atoms with Crippen molar-refractivity contribution in [1.82, 2.24) is 10.4 Å². The molecule has 2 rings (SSSR count). The number of pyridine rings is 1. The molecule has 80 valence electrons. The molecule has 1 aliphatic rings. The summed E-state index contributed by atoms with van der Waals surface area (Å²) in [6.45, 7) is 6.50. The van der Waals surface area contributed by atoms with Gasteiger partial charge in [0, 0.05) is 11.6 Å². The Morgan fingerprint density at radius 1 is 1.33 bits per heavy atom. The Morgan fingerprint density at radius 2 is 2.13 bits per heavy atom. The monoisotopic (exact) mass is 221 g/mol. The zero-order chi connectivity index (χ0) is 10.9. The summed E-state index contributed by atoms with van der Waals surface area (Å²) >= 11 is 1.75. The first-order chi connectivity index (χ1) is 7.07. The summed E-state index contributed by atoms with van der Waals surface area (Å²) in [4.78, 5) is 4.32. The Hall–Kier alpha value is -1.03. The van der Waals surface area contributed by atoms with Crippen molar-refractivity contribution in [3.05, 3.63) is 30.1 Å². The number of nitrogens with zero attached hydrogens (tertiary/aromatic N) is 2. The number of hydrogen-bond donors (Lipinski definition) is 1. The lowest BCUT2D eigenvalue weighted by Crippen LogP contribution is -2.15. The quantitative estimate of drug-likeness (QED) is 0.792. The van der Waals surface area contributed by atoms with Crippen LogP contribution in [0.1, 0.15) is 31.8 Å². The third-order valence-corrected chi connectivity index (χ3v) is 3.62. The zero-order valence-electron chi connectivity index (χ0n) is 9.19. The van der Waals surface area contributed by atoms with Crippen LogP contribution in [0.3, 0.4) is 0 Å². The molecule has 0 bridgehead atoms. The first-order valence-corrected chi connectivity index (χ1v) is 5.86. The highest BCUT2D eigenvalue weighted by molar-refractivity contribution is 8.14. The van der Waals surface area contributed by atoms with Crippen LogP contribution in [0.25, 0.3) is 0 Å². The van der Waals surface area contributed by atoms with Gasteiger partial charge in [-0.3, -0.25) is 10.4 Å². The number of nitrogens with one attached hydrogen (secondary N) is 1. The van der Waals surface area contributed by atoms with Gasteiger partial charge in [0.05, 0.1) is 5.69 Å². The van der Waals surface area contributed by atoms with Crippen molar-refractivity contribution in [2.75, 3.05) is 0 Å². The standard InChI is InChI=1S/C11H15N3S/c1-11(2,3)10-14-13-9(15-10)8-6-4-5-7-12-8/h4-7,9,13H,1-3H3. The number of rotatable bonds is 1. The van der Waals surface area contributed by atoms with Crippen LogP contribution in [-0.2, 0) is 0 Å². The van der Waals surface area contributed by atoms with Gasteiger partial charge in [-0.05, 0) is 12.1 Å². The Kier molecular flexibility index (Phi) is 2.69. The molecule has 1 N–H and O–H groups in total. The van der Waals surface area contributed by atoms with E-state index >= 15 is 0 Å². The van der Waals surface area contributed by atoms with E-state index in [-0.39, 0.29) is 10.8 Å². The molecular weight excluding hydrogens is 206 g/mol. The van der Waals surface area contributed by atoms with E-state index in [1.54, 1.807) is 11.8 Å². The first-order valence-electron chi connectivity index (χ1n) is 4.98. The fraction of sp³-hybridized carbons (Fsp3) is 0.455. The van der Waals surface area contributed by atoms with Gasteiger partial charge in [-0.25, -0.2) is 0 Å². The van der Waals surface area contributed by atoms with Crippen molar-refractivity contribution in [1.29, 1.82) is 0 Å². The Labute approximate surface area is 94.4 Å². The molecule has 3 nitrogen and oxygen atoms in total. The van der Waals surface area contributed by atoms with Gasteiger partial charge in [-0.2, -0.15) is 5.10 Å². The van der Waals surface area contributed by atoms with Gasteiger partial charge in [0.1, 0.15) is 10.4 Å². The average Bonchev–Trinajstić information content (AvgIpc) is 2.67. The van der Waals surface area contributed by atoms with Crippen LogP contribution in [0, 0.1) is 5.41 Å². The molecule has 0 fully saturated rings. The first kappa shape index (κ1) is 10.5. The van der Waals surface area contributed by atoms with Gasteiger partial charge in [0.25, 0.3) is 0 Å². The van der Waals surface area contributed by atoms with Crippen LogP contribution in [0.2, 0.25) is 0 Å². The Balaban J connectivity index is 2.09. The van der Waals surface area contributed by atoms with Gasteiger partial charge >= 0.3 is 0 Å². The fourth-order valence-electron chi connectivity index (χ4n) is 1.28. The molecule has 0 spiro atoms. The van der Waals surface area contributed by atoms with Crippen molar-refractivity contribution in [2.24, 2.45) is 10.5 Å². The maximum absolute atomic E-state index is 4.35. The van der Waals surface area contributed by atoms with E-state index in [1.165, 1.54) is 0 Å². The zero-order valence-corrected chi connectivity index (χ0v) is 10.0. The van der Waals surface area contributed by atoms with Gasteiger partial charge in [-0.1, -0.05) is 38.6 Å². The molecular formula is C11H15N3S. The summed E-state index contributed by atoms with van der Waals surface area (Å²) in [7, 11) is 0. The van der Waals surface area contributed by atoms with E-state index in [4.69, 9.17) is 0 Å². The second kappa shape index (κ2) is 3.85. The molecule has 1 aliphatic heterocycles.